The number of anilines is 3. The highest BCUT2D eigenvalue weighted by Gasteiger charge is 2.40. The predicted molar refractivity (Wildman–Crippen MR) is 196 cm³/mol. The molecule has 3 heterocycles. The largest absolute Gasteiger partial charge is 0.309 e. The van der Waals surface area contributed by atoms with Gasteiger partial charge in [-0.1, -0.05) is 127 Å². The third-order valence-corrected chi connectivity index (χ3v) is 11.7. The number of thiophene rings is 2. The van der Waals surface area contributed by atoms with Gasteiger partial charge in [0.15, 0.2) is 0 Å². The Hall–Kier alpha value is -4.90. The van der Waals surface area contributed by atoms with Crippen molar-refractivity contribution in [1.82, 2.24) is 0 Å². The van der Waals surface area contributed by atoms with Crippen LogP contribution >= 0.6 is 22.7 Å². The molecule has 0 bridgehead atoms. The minimum absolute atomic E-state index is 0.192. The highest BCUT2D eigenvalue weighted by atomic mass is 32.1. The third kappa shape index (κ3) is 3.35. The molecule has 7 aromatic carbocycles. The quantitative estimate of drug-likeness (QED) is 0.142. The van der Waals surface area contributed by atoms with Crippen molar-refractivity contribution >= 4 is 114 Å². The lowest BCUT2D eigenvalue weighted by atomic mass is 9.41. The van der Waals surface area contributed by atoms with Gasteiger partial charge in [0.1, 0.15) is 0 Å². The number of hydrogen-bond acceptors (Lipinski definition) is 3. The van der Waals surface area contributed by atoms with E-state index in [1.165, 1.54) is 84.6 Å². The Labute approximate surface area is 263 Å². The summed E-state index contributed by atoms with van der Waals surface area (Å²) in [6.07, 6.45) is 0. The smallest absolute Gasteiger partial charge is 0.272 e. The second-order valence-corrected chi connectivity index (χ2v) is 13.8. The Kier molecular flexibility index (Phi) is 5.19. The zero-order valence-corrected chi connectivity index (χ0v) is 25.3. The van der Waals surface area contributed by atoms with Crippen molar-refractivity contribution in [2.45, 2.75) is 0 Å². The van der Waals surface area contributed by atoms with E-state index in [1.807, 2.05) is 22.7 Å². The standard InChI is InChI=1S/C40H24BNS2/c1-2-12-25(13-3-1)41-39-37(32-18-8-10-20-35(32)43-39)42(38-33-19-9-11-21-36(33)44-40(38)41)26-22-23-31-29-16-5-4-14-27(29)28-15-6-7-17-30(28)34(31)24-26/h1-24H. The molecule has 0 aliphatic carbocycles. The lowest BCUT2D eigenvalue weighted by Gasteiger charge is -2.34. The third-order valence-electron chi connectivity index (χ3n) is 9.28. The van der Waals surface area contributed by atoms with Crippen molar-refractivity contribution in [2.75, 3.05) is 4.90 Å². The van der Waals surface area contributed by atoms with Crippen LogP contribution in [-0.2, 0) is 0 Å². The summed E-state index contributed by atoms with van der Waals surface area (Å²) in [6.45, 7) is 0.192. The van der Waals surface area contributed by atoms with Gasteiger partial charge in [0.2, 0.25) is 0 Å². The Balaban J connectivity index is 1.34. The first-order valence-corrected chi connectivity index (χ1v) is 16.7. The van der Waals surface area contributed by atoms with E-state index in [4.69, 9.17) is 0 Å². The summed E-state index contributed by atoms with van der Waals surface area (Å²) in [5.41, 5.74) is 5.20. The molecule has 0 radical (unpaired) electrons. The van der Waals surface area contributed by atoms with Crippen LogP contribution in [0.3, 0.4) is 0 Å². The van der Waals surface area contributed by atoms with Crippen LogP contribution in [0.15, 0.2) is 146 Å². The highest BCUT2D eigenvalue weighted by Crippen LogP contribution is 2.48. The van der Waals surface area contributed by atoms with Crippen LogP contribution in [0.5, 0.6) is 0 Å². The van der Waals surface area contributed by atoms with Gasteiger partial charge in [0, 0.05) is 35.4 Å². The molecule has 0 saturated carbocycles. The van der Waals surface area contributed by atoms with Gasteiger partial charge in [-0.2, -0.15) is 0 Å². The first-order valence-electron chi connectivity index (χ1n) is 15.1. The van der Waals surface area contributed by atoms with Crippen LogP contribution in [-0.4, -0.2) is 6.71 Å². The lowest BCUT2D eigenvalue weighted by molar-refractivity contribution is 1.35. The molecule has 9 aromatic rings. The Morgan fingerprint density at radius 3 is 1.36 bits per heavy atom. The van der Waals surface area contributed by atoms with Crippen LogP contribution in [0.2, 0.25) is 0 Å². The summed E-state index contributed by atoms with van der Waals surface area (Å²) < 4.78 is 5.50. The normalized spacial score (nSPS) is 12.9. The van der Waals surface area contributed by atoms with E-state index in [9.17, 15) is 0 Å². The topological polar surface area (TPSA) is 3.24 Å². The number of benzene rings is 7. The fourth-order valence-corrected chi connectivity index (χ4v) is 10.2. The van der Waals surface area contributed by atoms with E-state index >= 15 is 0 Å². The van der Waals surface area contributed by atoms with E-state index in [1.54, 1.807) is 0 Å². The second-order valence-electron chi connectivity index (χ2n) is 11.6. The number of fused-ring (bicyclic) bond motifs is 12. The van der Waals surface area contributed by atoms with Crippen LogP contribution in [0.1, 0.15) is 0 Å². The maximum Gasteiger partial charge on any atom is 0.272 e. The summed E-state index contributed by atoms with van der Waals surface area (Å²) in [5, 5.41) is 10.4. The lowest BCUT2D eigenvalue weighted by Crippen LogP contribution is -2.54. The zero-order valence-electron chi connectivity index (χ0n) is 23.7. The molecule has 0 saturated heterocycles. The summed E-state index contributed by atoms with van der Waals surface area (Å²) in [4.78, 5) is 2.59. The molecule has 0 atom stereocenters. The minimum atomic E-state index is 0.192. The molecule has 44 heavy (non-hydrogen) atoms. The van der Waals surface area contributed by atoms with Gasteiger partial charge in [-0.05, 0) is 56.6 Å². The fraction of sp³-hybridized carbons (Fsp3) is 0. The van der Waals surface area contributed by atoms with E-state index in [0.29, 0.717) is 0 Å². The van der Waals surface area contributed by atoms with Gasteiger partial charge in [0.05, 0.1) is 11.4 Å². The average molecular weight is 594 g/mol. The van der Waals surface area contributed by atoms with Crippen molar-refractivity contribution in [3.63, 3.8) is 0 Å². The molecule has 0 fully saturated rings. The van der Waals surface area contributed by atoms with Gasteiger partial charge in [-0.15, -0.1) is 22.7 Å². The Morgan fingerprint density at radius 2 is 0.818 bits per heavy atom. The summed E-state index contributed by atoms with van der Waals surface area (Å²) in [5.74, 6) is 0. The first kappa shape index (κ1) is 24.5. The van der Waals surface area contributed by atoms with Gasteiger partial charge in [-0.25, -0.2) is 0 Å². The molecule has 4 heteroatoms. The molecule has 0 N–H and O–H groups in total. The molecule has 0 spiro atoms. The molecular weight excluding hydrogens is 569 g/mol. The number of nitrogens with zero attached hydrogens (tertiary/aromatic N) is 1. The van der Waals surface area contributed by atoms with E-state index in [2.05, 4.69) is 150 Å². The molecule has 204 valence electrons. The SMILES string of the molecule is c1ccc(B2c3sc4ccccc4c3N(c3ccc4c5ccccc5c5ccccc5c4c3)c3c2sc2ccccc32)cc1. The van der Waals surface area contributed by atoms with Crippen molar-refractivity contribution in [2.24, 2.45) is 0 Å². The van der Waals surface area contributed by atoms with Crippen LogP contribution in [0.25, 0.3) is 52.5 Å². The predicted octanol–water partition coefficient (Wildman–Crippen LogP) is 9.87. The molecule has 10 rings (SSSR count). The Morgan fingerprint density at radius 1 is 0.386 bits per heavy atom. The number of rotatable bonds is 2. The van der Waals surface area contributed by atoms with E-state index < -0.39 is 0 Å². The zero-order chi connectivity index (χ0) is 28.8. The minimum Gasteiger partial charge on any atom is -0.309 e. The van der Waals surface area contributed by atoms with Crippen LogP contribution in [0.4, 0.5) is 17.1 Å². The molecule has 1 aliphatic rings. The Bertz CT molecular complexity index is 2460. The van der Waals surface area contributed by atoms with Crippen molar-refractivity contribution in [3.05, 3.63) is 146 Å². The van der Waals surface area contributed by atoms with Gasteiger partial charge in [0.25, 0.3) is 6.71 Å². The van der Waals surface area contributed by atoms with Crippen molar-refractivity contribution in [3.8, 4) is 0 Å². The summed E-state index contributed by atoms with van der Waals surface area (Å²) in [6, 6.07) is 53.8. The highest BCUT2D eigenvalue weighted by molar-refractivity contribution is 7.40. The maximum absolute atomic E-state index is 2.59. The average Bonchev–Trinajstić information content (AvgIpc) is 3.66. The molecule has 1 aliphatic heterocycles. The van der Waals surface area contributed by atoms with Crippen LogP contribution in [0, 0.1) is 0 Å². The molecule has 0 unspecified atom stereocenters. The summed E-state index contributed by atoms with van der Waals surface area (Å²) >= 11 is 3.90. The van der Waals surface area contributed by atoms with E-state index in [-0.39, 0.29) is 6.71 Å². The fourth-order valence-electron chi connectivity index (χ4n) is 7.43. The van der Waals surface area contributed by atoms with Gasteiger partial charge in [-0.3, -0.25) is 0 Å². The van der Waals surface area contributed by atoms with Gasteiger partial charge >= 0.3 is 0 Å². The van der Waals surface area contributed by atoms with Gasteiger partial charge < -0.3 is 4.90 Å². The first-order chi connectivity index (χ1) is 21.8. The van der Waals surface area contributed by atoms with E-state index in [0.717, 1.165) is 0 Å². The molecule has 2 aromatic heterocycles. The molecule has 1 nitrogen and oxygen atoms in total. The van der Waals surface area contributed by atoms with Crippen molar-refractivity contribution in [1.29, 1.82) is 0 Å². The maximum atomic E-state index is 2.59. The van der Waals surface area contributed by atoms with Crippen molar-refractivity contribution < 1.29 is 0 Å². The second kappa shape index (κ2) is 9.30. The summed E-state index contributed by atoms with van der Waals surface area (Å²) in [7, 11) is 0. The monoisotopic (exact) mass is 593 g/mol. The van der Waals surface area contributed by atoms with Crippen LogP contribution < -0.4 is 19.9 Å². The number of hydrogen-bond donors (Lipinski definition) is 0. The molecule has 0 amide bonds. The molecular formula is C40H24BNS2.